The molecule has 0 saturated heterocycles. The summed E-state index contributed by atoms with van der Waals surface area (Å²) < 4.78 is 6.33. The molecule has 3 aromatic carbocycles. The number of hydrogen-bond donors (Lipinski definition) is 4. The van der Waals surface area contributed by atoms with E-state index in [4.69, 9.17) is 16.2 Å². The van der Waals surface area contributed by atoms with Crippen molar-refractivity contribution >= 4 is 23.9 Å². The van der Waals surface area contributed by atoms with Gasteiger partial charge in [0.2, 0.25) is 5.91 Å². The van der Waals surface area contributed by atoms with Crippen LogP contribution in [0.15, 0.2) is 108 Å². The van der Waals surface area contributed by atoms with Gasteiger partial charge in [-0.3, -0.25) is 14.6 Å². The molecule has 0 heterocycles. The van der Waals surface area contributed by atoms with Gasteiger partial charge in [0.25, 0.3) is 5.91 Å². The van der Waals surface area contributed by atoms with Crippen molar-refractivity contribution in [3.8, 4) is 0 Å². The summed E-state index contributed by atoms with van der Waals surface area (Å²) in [5.74, 6) is -0.249. The first kappa shape index (κ1) is 40.3. The Hall–Kier alpha value is -5.16. The average Bonchev–Trinajstić information content (AvgIpc) is 3.14. The fraction of sp³-hybridized carbons (Fsp3) is 0.400. The van der Waals surface area contributed by atoms with Gasteiger partial charge < -0.3 is 36.6 Å². The SMILES string of the molecule is CC=C(OC(=O)N(C)CC(CC)NC(=O)[C@H](CCCN=C(N)N)NC(=O)c1ccccc1)C(CC(C)N(C)C)(c1ccccc1)c1ccccc1. The molecule has 11 nitrogen and oxygen atoms in total. The molecule has 0 spiro atoms. The van der Waals surface area contributed by atoms with Crippen molar-refractivity contribution in [1.29, 1.82) is 0 Å². The molecule has 6 N–H and O–H groups in total. The quantitative estimate of drug-likeness (QED) is 0.0629. The number of rotatable bonds is 18. The average molecular weight is 698 g/mol. The number of nitrogens with one attached hydrogen (secondary N) is 2. The number of amides is 3. The zero-order chi connectivity index (χ0) is 37.4. The van der Waals surface area contributed by atoms with Gasteiger partial charge in [0.15, 0.2) is 5.96 Å². The summed E-state index contributed by atoms with van der Waals surface area (Å²) >= 11 is 0. The molecule has 51 heavy (non-hydrogen) atoms. The fourth-order valence-electron chi connectivity index (χ4n) is 6.01. The van der Waals surface area contributed by atoms with Crippen LogP contribution in [-0.4, -0.2) is 86.0 Å². The summed E-state index contributed by atoms with van der Waals surface area (Å²) in [5, 5.41) is 5.89. The second kappa shape index (κ2) is 19.9. The van der Waals surface area contributed by atoms with Gasteiger partial charge in [0, 0.05) is 37.8 Å². The highest BCUT2D eigenvalue weighted by Crippen LogP contribution is 2.44. The van der Waals surface area contributed by atoms with Crippen LogP contribution in [-0.2, 0) is 14.9 Å². The van der Waals surface area contributed by atoms with Gasteiger partial charge in [-0.2, -0.15) is 0 Å². The molecule has 3 amide bonds. The maximum atomic E-state index is 13.9. The summed E-state index contributed by atoms with van der Waals surface area (Å²) in [4.78, 5) is 48.2. The van der Waals surface area contributed by atoms with E-state index < -0.39 is 23.6 Å². The number of benzene rings is 3. The molecule has 0 bridgehead atoms. The Kier molecular flexibility index (Phi) is 15.7. The topological polar surface area (TPSA) is 155 Å². The number of allylic oxidation sites excluding steroid dienone is 2. The first-order valence-corrected chi connectivity index (χ1v) is 17.5. The monoisotopic (exact) mass is 697 g/mol. The Morgan fingerprint density at radius 1 is 0.882 bits per heavy atom. The Labute approximate surface area is 303 Å². The highest BCUT2D eigenvalue weighted by Gasteiger charge is 2.42. The lowest BCUT2D eigenvalue weighted by molar-refractivity contribution is -0.124. The number of nitrogens with two attached hydrogens (primary N) is 2. The van der Waals surface area contributed by atoms with E-state index in [1.54, 1.807) is 31.3 Å². The molecule has 11 heteroatoms. The largest absolute Gasteiger partial charge is 0.414 e. The van der Waals surface area contributed by atoms with Gasteiger partial charge in [-0.1, -0.05) is 85.8 Å². The predicted molar refractivity (Wildman–Crippen MR) is 204 cm³/mol. The van der Waals surface area contributed by atoms with Gasteiger partial charge >= 0.3 is 6.09 Å². The molecule has 3 rings (SSSR count). The molecule has 3 atom stereocenters. The molecular formula is C40H55N7O4. The van der Waals surface area contributed by atoms with Crippen molar-refractivity contribution in [1.82, 2.24) is 20.4 Å². The fourth-order valence-corrected chi connectivity index (χ4v) is 6.01. The summed E-state index contributed by atoms with van der Waals surface area (Å²) in [5.41, 5.74) is 12.6. The lowest BCUT2D eigenvalue weighted by Gasteiger charge is -2.40. The van der Waals surface area contributed by atoms with E-state index in [0.29, 0.717) is 43.6 Å². The normalized spacial score (nSPS) is 13.4. The van der Waals surface area contributed by atoms with Gasteiger partial charge in [-0.15, -0.1) is 0 Å². The van der Waals surface area contributed by atoms with Crippen LogP contribution in [0, 0.1) is 0 Å². The number of carbonyl (C=O) groups excluding carboxylic acids is 3. The van der Waals surface area contributed by atoms with Crippen molar-refractivity contribution < 1.29 is 19.1 Å². The lowest BCUT2D eigenvalue weighted by Crippen LogP contribution is -2.52. The maximum absolute atomic E-state index is 13.9. The Morgan fingerprint density at radius 2 is 1.43 bits per heavy atom. The van der Waals surface area contributed by atoms with E-state index in [9.17, 15) is 14.4 Å². The van der Waals surface area contributed by atoms with Crippen LogP contribution >= 0.6 is 0 Å². The molecule has 0 saturated carbocycles. The van der Waals surface area contributed by atoms with Crippen molar-refractivity contribution in [2.24, 2.45) is 16.5 Å². The lowest BCUT2D eigenvalue weighted by atomic mass is 9.68. The van der Waals surface area contributed by atoms with Gasteiger partial charge in [-0.05, 0) is 83.0 Å². The molecule has 0 fully saturated rings. The first-order chi connectivity index (χ1) is 24.4. The summed E-state index contributed by atoms with van der Waals surface area (Å²) in [6.07, 6.45) is 3.29. The highest BCUT2D eigenvalue weighted by molar-refractivity contribution is 5.97. The maximum Gasteiger partial charge on any atom is 0.414 e. The van der Waals surface area contributed by atoms with E-state index >= 15 is 0 Å². The van der Waals surface area contributed by atoms with Gasteiger partial charge in [0.05, 0.1) is 5.41 Å². The minimum absolute atomic E-state index is 0.0386. The molecule has 274 valence electrons. The van der Waals surface area contributed by atoms with Crippen LogP contribution in [0.5, 0.6) is 0 Å². The van der Waals surface area contributed by atoms with Crippen LogP contribution < -0.4 is 22.1 Å². The van der Waals surface area contributed by atoms with E-state index in [0.717, 1.165) is 11.1 Å². The highest BCUT2D eigenvalue weighted by atomic mass is 16.6. The Bertz CT molecular complexity index is 1550. The summed E-state index contributed by atoms with van der Waals surface area (Å²) in [6, 6.07) is 27.8. The van der Waals surface area contributed by atoms with Crippen LogP contribution in [0.1, 0.15) is 67.9 Å². The molecule has 0 aliphatic heterocycles. The Morgan fingerprint density at radius 3 is 1.92 bits per heavy atom. The van der Waals surface area contributed by atoms with Crippen LogP contribution in [0.2, 0.25) is 0 Å². The standard InChI is InChI=1S/C40H55N7O4/c1-7-33(44-37(49)34(25-18-26-43-38(41)42)45-36(48)30-19-12-9-13-20-30)28-47(6)39(50)51-35(8-2)40(27-29(3)46(4)5,31-21-14-10-15-22-31)32-23-16-11-17-24-32/h8-17,19-24,29,33-34H,7,18,25-28H2,1-6H3,(H,44,49)(H,45,48)(H4,41,42,43)/t29?,33?,34-/m0/s1. The molecule has 0 aliphatic carbocycles. The van der Waals surface area contributed by atoms with Crippen molar-refractivity contribution in [2.75, 3.05) is 34.2 Å². The predicted octanol–water partition coefficient (Wildman–Crippen LogP) is 5.03. The third-order valence-corrected chi connectivity index (χ3v) is 9.14. The third kappa shape index (κ3) is 11.4. The minimum atomic E-state index is -0.844. The molecular weight excluding hydrogens is 642 g/mol. The number of aliphatic imine (C=N–C) groups is 1. The number of guanidine groups is 1. The molecule has 3 aromatic rings. The molecule has 0 aromatic heterocycles. The number of carbonyl (C=O) groups is 3. The third-order valence-electron chi connectivity index (χ3n) is 9.14. The number of likely N-dealkylation sites (N-methyl/N-ethyl adjacent to an activating group) is 1. The Balaban J connectivity index is 1.83. The van der Waals surface area contributed by atoms with Crippen LogP contribution in [0.4, 0.5) is 4.79 Å². The second-order valence-corrected chi connectivity index (χ2v) is 13.0. The van der Waals surface area contributed by atoms with E-state index in [2.05, 4.69) is 51.7 Å². The second-order valence-electron chi connectivity index (χ2n) is 13.0. The van der Waals surface area contributed by atoms with Crippen molar-refractivity contribution in [2.45, 2.75) is 70.0 Å². The smallest absolute Gasteiger partial charge is 0.414 e. The van der Waals surface area contributed by atoms with E-state index in [1.807, 2.05) is 76.5 Å². The number of nitrogens with zero attached hydrogens (tertiary/aromatic N) is 3. The molecule has 2 unspecified atom stereocenters. The van der Waals surface area contributed by atoms with Crippen LogP contribution in [0.3, 0.4) is 0 Å². The molecule has 0 radical (unpaired) electrons. The first-order valence-electron chi connectivity index (χ1n) is 17.5. The van der Waals surface area contributed by atoms with Gasteiger partial charge in [-0.25, -0.2) is 4.79 Å². The van der Waals surface area contributed by atoms with E-state index in [1.165, 1.54) is 4.90 Å². The van der Waals surface area contributed by atoms with E-state index in [-0.39, 0.29) is 30.4 Å². The van der Waals surface area contributed by atoms with Gasteiger partial charge in [0.1, 0.15) is 11.8 Å². The minimum Gasteiger partial charge on any atom is -0.414 e. The summed E-state index contributed by atoms with van der Waals surface area (Å²) in [6.45, 7) is 6.47. The van der Waals surface area contributed by atoms with Crippen molar-refractivity contribution in [3.63, 3.8) is 0 Å². The number of hydrogen-bond acceptors (Lipinski definition) is 6. The molecule has 0 aliphatic rings. The van der Waals surface area contributed by atoms with Crippen LogP contribution in [0.25, 0.3) is 0 Å². The van der Waals surface area contributed by atoms with Crippen molar-refractivity contribution in [3.05, 3.63) is 120 Å². The number of ether oxygens (including phenoxy) is 1. The zero-order valence-electron chi connectivity index (χ0n) is 30.8. The summed E-state index contributed by atoms with van der Waals surface area (Å²) in [7, 11) is 5.74. The zero-order valence-corrected chi connectivity index (χ0v) is 30.8.